The Morgan fingerprint density at radius 2 is 1.67 bits per heavy atom. The smallest absolute Gasteiger partial charge is 0.244 e. The molecule has 11 heteroatoms. The quantitative estimate of drug-likeness (QED) is 0.379. The molecular formula is C28H26N6O4S. The van der Waals surface area contributed by atoms with Crippen molar-refractivity contribution >= 4 is 27.4 Å². The molecule has 1 amide bonds. The van der Waals surface area contributed by atoms with Crippen LogP contribution in [0.1, 0.15) is 35.7 Å². The van der Waals surface area contributed by atoms with Crippen LogP contribution in [0, 0.1) is 0 Å². The van der Waals surface area contributed by atoms with E-state index in [9.17, 15) is 18.0 Å². The molecule has 4 aromatic rings. The van der Waals surface area contributed by atoms with Crippen molar-refractivity contribution < 1.29 is 18.0 Å². The maximum atomic E-state index is 13.1. The van der Waals surface area contributed by atoms with Gasteiger partial charge in [-0.1, -0.05) is 30.3 Å². The Hall–Kier alpha value is -4.35. The highest BCUT2D eigenvalue weighted by Gasteiger charge is 2.43. The maximum absolute atomic E-state index is 13.1. The van der Waals surface area contributed by atoms with Gasteiger partial charge < -0.3 is 10.2 Å². The molecule has 0 unspecified atom stereocenters. The van der Waals surface area contributed by atoms with Gasteiger partial charge in [0.25, 0.3) is 0 Å². The van der Waals surface area contributed by atoms with Crippen molar-refractivity contribution in [1.29, 1.82) is 0 Å². The largest absolute Gasteiger partial charge is 0.365 e. The van der Waals surface area contributed by atoms with E-state index in [4.69, 9.17) is 0 Å². The summed E-state index contributed by atoms with van der Waals surface area (Å²) in [6.07, 6.45) is 7.55. The van der Waals surface area contributed by atoms with Crippen LogP contribution in [0.25, 0.3) is 16.9 Å². The minimum Gasteiger partial charge on any atom is -0.365 e. The number of ketones is 1. The predicted octanol–water partition coefficient (Wildman–Crippen LogP) is 3.21. The molecule has 0 aliphatic carbocycles. The number of amides is 1. The Morgan fingerprint density at radius 1 is 0.949 bits per heavy atom. The molecule has 2 aromatic carbocycles. The Bertz CT molecular complexity index is 1660. The van der Waals surface area contributed by atoms with Gasteiger partial charge in [-0.15, -0.1) is 0 Å². The number of imidazole rings is 1. The van der Waals surface area contributed by atoms with Crippen molar-refractivity contribution in [1.82, 2.24) is 24.2 Å². The van der Waals surface area contributed by atoms with Gasteiger partial charge in [0.05, 0.1) is 5.69 Å². The number of carbonyl (C=O) groups is 2. The minimum atomic E-state index is -3.72. The Morgan fingerprint density at radius 3 is 2.31 bits per heavy atom. The van der Waals surface area contributed by atoms with Crippen molar-refractivity contribution in [3.63, 3.8) is 0 Å². The molecule has 2 aliphatic rings. The lowest BCUT2D eigenvalue weighted by Crippen LogP contribution is -2.62. The number of hydrogen-bond donors (Lipinski definition) is 2. The van der Waals surface area contributed by atoms with E-state index < -0.39 is 15.7 Å². The van der Waals surface area contributed by atoms with E-state index in [-0.39, 0.29) is 16.6 Å². The highest BCUT2D eigenvalue weighted by molar-refractivity contribution is 7.89. The fourth-order valence-corrected chi connectivity index (χ4v) is 6.64. The first kappa shape index (κ1) is 25.0. The summed E-state index contributed by atoms with van der Waals surface area (Å²) in [6.45, 7) is 2.46. The third-order valence-electron chi connectivity index (χ3n) is 7.29. The van der Waals surface area contributed by atoms with Crippen molar-refractivity contribution in [2.75, 3.05) is 18.4 Å². The van der Waals surface area contributed by atoms with E-state index in [1.807, 2.05) is 18.2 Å². The number of anilines is 1. The normalized spacial score (nSPS) is 17.3. The summed E-state index contributed by atoms with van der Waals surface area (Å²) in [5, 5.41) is 3.41. The van der Waals surface area contributed by atoms with Crippen LogP contribution in [-0.2, 0) is 14.8 Å². The van der Waals surface area contributed by atoms with Crippen LogP contribution >= 0.6 is 0 Å². The van der Waals surface area contributed by atoms with Gasteiger partial charge >= 0.3 is 0 Å². The number of benzene rings is 2. The number of rotatable bonds is 4. The van der Waals surface area contributed by atoms with Gasteiger partial charge in [0, 0.05) is 62.6 Å². The molecule has 0 bridgehead atoms. The predicted molar refractivity (Wildman–Crippen MR) is 145 cm³/mol. The summed E-state index contributed by atoms with van der Waals surface area (Å²) >= 11 is 0. The van der Waals surface area contributed by atoms with E-state index in [1.54, 1.807) is 70.8 Å². The average Bonchev–Trinajstić information content (AvgIpc) is 3.48. The van der Waals surface area contributed by atoms with Crippen LogP contribution in [0.3, 0.4) is 0 Å². The Balaban J connectivity index is 1.22. The standard InChI is InChI=1S/C28H26N6O4S/c1-19(35)33-13-10-28(11-14-33)31-24-16-22(6-8-25(24)39(37,38)32-28)20-2-4-21(5-3-20)27(36)23-7-9-26(30-17-23)34-15-12-29-18-34/h2-9,12,15-18,31-32H,10-11,13-14H2,1H3. The van der Waals surface area contributed by atoms with Gasteiger partial charge in [-0.2, -0.15) is 4.72 Å². The molecule has 0 atom stereocenters. The van der Waals surface area contributed by atoms with Crippen LogP contribution in [0.5, 0.6) is 0 Å². The van der Waals surface area contributed by atoms with Crippen molar-refractivity contribution in [3.05, 3.63) is 90.6 Å². The van der Waals surface area contributed by atoms with E-state index >= 15 is 0 Å². The number of sulfonamides is 1. The Labute approximate surface area is 225 Å². The molecule has 0 saturated carbocycles. The third-order valence-corrected chi connectivity index (χ3v) is 8.89. The van der Waals surface area contributed by atoms with E-state index in [2.05, 4.69) is 20.0 Å². The summed E-state index contributed by atoms with van der Waals surface area (Å²) < 4.78 is 30.7. The summed E-state index contributed by atoms with van der Waals surface area (Å²) in [4.78, 5) is 35.0. The summed E-state index contributed by atoms with van der Waals surface area (Å²) in [5.74, 6) is 0.508. The monoisotopic (exact) mass is 542 g/mol. The zero-order chi connectivity index (χ0) is 27.2. The van der Waals surface area contributed by atoms with Crippen LogP contribution in [0.2, 0.25) is 0 Å². The van der Waals surface area contributed by atoms with Gasteiger partial charge in [-0.05, 0) is 35.4 Å². The van der Waals surface area contributed by atoms with Crippen LogP contribution in [0.15, 0.2) is 84.4 Å². The number of piperidine rings is 1. The molecule has 4 heterocycles. The van der Waals surface area contributed by atoms with Gasteiger partial charge in [0.1, 0.15) is 22.7 Å². The van der Waals surface area contributed by atoms with Crippen molar-refractivity contribution in [2.45, 2.75) is 30.3 Å². The summed E-state index contributed by atoms with van der Waals surface area (Å²) in [6, 6.07) is 15.9. The lowest BCUT2D eigenvalue weighted by atomic mass is 9.96. The molecule has 2 N–H and O–H groups in total. The van der Waals surface area contributed by atoms with Gasteiger partial charge in [0.2, 0.25) is 15.9 Å². The fourth-order valence-electron chi connectivity index (χ4n) is 5.12. The number of fused-ring (bicyclic) bond motifs is 1. The molecule has 1 fully saturated rings. The molecule has 10 nitrogen and oxygen atoms in total. The number of nitrogens with zero attached hydrogens (tertiary/aromatic N) is 4. The van der Waals surface area contributed by atoms with Gasteiger partial charge in [-0.3, -0.25) is 14.2 Å². The number of nitrogens with one attached hydrogen (secondary N) is 2. The van der Waals surface area contributed by atoms with E-state index in [0.717, 1.165) is 11.1 Å². The lowest BCUT2D eigenvalue weighted by Gasteiger charge is -2.45. The van der Waals surface area contributed by atoms with Crippen molar-refractivity contribution in [2.24, 2.45) is 0 Å². The number of likely N-dealkylation sites (tertiary alicyclic amines) is 1. The second kappa shape index (κ2) is 9.44. The van der Waals surface area contributed by atoms with Gasteiger partial charge in [-0.25, -0.2) is 18.4 Å². The number of pyridine rings is 1. The first-order valence-corrected chi connectivity index (χ1v) is 14.0. The second-order valence-electron chi connectivity index (χ2n) is 9.81. The van der Waals surface area contributed by atoms with Crippen LogP contribution in [0.4, 0.5) is 5.69 Å². The minimum absolute atomic E-state index is 0.0177. The van der Waals surface area contributed by atoms with E-state index in [0.29, 0.717) is 48.6 Å². The Kier molecular flexibility index (Phi) is 6.04. The molecule has 0 radical (unpaired) electrons. The highest BCUT2D eigenvalue weighted by atomic mass is 32.2. The first-order chi connectivity index (χ1) is 18.7. The SMILES string of the molecule is CC(=O)N1CCC2(CC1)Nc1cc(-c3ccc(C(=O)c4ccc(-n5ccnc5)nc4)cc3)ccc1S(=O)(=O)N2. The molecule has 1 spiro atoms. The fraction of sp³-hybridized carbons (Fsp3) is 0.214. The molecule has 198 valence electrons. The lowest BCUT2D eigenvalue weighted by molar-refractivity contribution is -0.130. The molecule has 39 heavy (non-hydrogen) atoms. The van der Waals surface area contributed by atoms with E-state index in [1.165, 1.54) is 6.92 Å². The summed E-state index contributed by atoms with van der Waals surface area (Å²) in [5.41, 5.74) is 2.35. The zero-order valence-corrected chi connectivity index (χ0v) is 22.0. The third kappa shape index (κ3) is 4.70. The number of aromatic nitrogens is 3. The second-order valence-corrected chi connectivity index (χ2v) is 11.5. The van der Waals surface area contributed by atoms with Crippen LogP contribution < -0.4 is 10.0 Å². The number of carbonyl (C=O) groups excluding carboxylic acids is 2. The molecule has 2 aliphatic heterocycles. The topological polar surface area (TPSA) is 126 Å². The van der Waals surface area contributed by atoms with Gasteiger partial charge in [0.15, 0.2) is 5.78 Å². The molecular weight excluding hydrogens is 516 g/mol. The van der Waals surface area contributed by atoms with Crippen LogP contribution in [-0.4, -0.2) is 58.3 Å². The maximum Gasteiger partial charge on any atom is 0.244 e. The molecule has 6 rings (SSSR count). The molecule has 1 saturated heterocycles. The summed E-state index contributed by atoms with van der Waals surface area (Å²) in [7, 11) is -3.72. The highest BCUT2D eigenvalue weighted by Crippen LogP contribution is 2.37. The zero-order valence-electron chi connectivity index (χ0n) is 21.2. The molecule has 2 aromatic heterocycles. The first-order valence-electron chi connectivity index (χ1n) is 12.5. The van der Waals surface area contributed by atoms with Crippen molar-refractivity contribution in [3.8, 4) is 16.9 Å². The average molecular weight is 543 g/mol. The number of hydrogen-bond acceptors (Lipinski definition) is 7.